The first-order chi connectivity index (χ1) is 15.3. The molecule has 0 saturated heterocycles. The van der Waals surface area contributed by atoms with Crippen LogP contribution in [0.1, 0.15) is 41.6 Å². The van der Waals surface area contributed by atoms with Gasteiger partial charge in [-0.3, -0.25) is 9.59 Å². The molecule has 1 heterocycles. The number of benzene rings is 2. The van der Waals surface area contributed by atoms with Crippen LogP contribution in [-0.4, -0.2) is 32.3 Å². The third-order valence-electron chi connectivity index (χ3n) is 4.74. The molecule has 2 amide bonds. The topological polar surface area (TPSA) is 88.9 Å². The number of hydrogen-bond donors (Lipinski definition) is 2. The van der Waals surface area contributed by atoms with Crippen LogP contribution in [0.15, 0.2) is 47.6 Å². The van der Waals surface area contributed by atoms with Gasteiger partial charge in [0.25, 0.3) is 5.91 Å². The second-order valence-electron chi connectivity index (χ2n) is 7.03. The van der Waals surface area contributed by atoms with E-state index in [1.165, 1.54) is 11.8 Å². The van der Waals surface area contributed by atoms with Gasteiger partial charge in [0.1, 0.15) is 0 Å². The molecule has 32 heavy (non-hydrogen) atoms. The van der Waals surface area contributed by atoms with Crippen LogP contribution in [0.4, 0.5) is 5.69 Å². The molecule has 0 spiro atoms. The van der Waals surface area contributed by atoms with E-state index in [0.29, 0.717) is 38.8 Å². The first-order valence-electron chi connectivity index (χ1n) is 9.98. The lowest BCUT2D eigenvalue weighted by Crippen LogP contribution is -2.29. The SMILES string of the molecule is CCn1c(SCC(=O)Nc2cccc(Cl)c2Cl)nnc1C(C)NC(=O)c1ccccc1C. The molecular formula is C22H23Cl2N5O2S. The van der Waals surface area contributed by atoms with Gasteiger partial charge in [-0.1, -0.05) is 59.2 Å². The summed E-state index contributed by atoms with van der Waals surface area (Å²) in [7, 11) is 0. The Morgan fingerprint density at radius 2 is 1.88 bits per heavy atom. The zero-order valence-electron chi connectivity index (χ0n) is 17.9. The molecule has 1 aromatic heterocycles. The van der Waals surface area contributed by atoms with Crippen LogP contribution in [0, 0.1) is 6.92 Å². The van der Waals surface area contributed by atoms with Crippen LogP contribution < -0.4 is 10.6 Å². The normalized spacial score (nSPS) is 11.8. The summed E-state index contributed by atoms with van der Waals surface area (Å²) in [6.07, 6.45) is 0. The van der Waals surface area contributed by atoms with E-state index >= 15 is 0 Å². The molecule has 10 heteroatoms. The zero-order valence-corrected chi connectivity index (χ0v) is 20.2. The molecule has 1 unspecified atom stereocenters. The third-order valence-corrected chi connectivity index (χ3v) is 6.53. The molecule has 0 bridgehead atoms. The number of carbonyl (C=O) groups is 2. The van der Waals surface area contributed by atoms with E-state index < -0.39 is 0 Å². The maximum atomic E-state index is 12.6. The molecule has 0 saturated carbocycles. The number of aromatic nitrogens is 3. The quantitative estimate of drug-likeness (QED) is 0.426. The number of nitrogens with zero attached hydrogens (tertiary/aromatic N) is 3. The summed E-state index contributed by atoms with van der Waals surface area (Å²) < 4.78 is 1.88. The summed E-state index contributed by atoms with van der Waals surface area (Å²) in [6.45, 7) is 6.30. The van der Waals surface area contributed by atoms with Crippen LogP contribution >= 0.6 is 35.0 Å². The minimum Gasteiger partial charge on any atom is -0.342 e. The number of hydrogen-bond acceptors (Lipinski definition) is 5. The van der Waals surface area contributed by atoms with E-state index in [1.807, 2.05) is 43.5 Å². The Hall–Kier alpha value is -2.55. The Bertz CT molecular complexity index is 1140. The van der Waals surface area contributed by atoms with Gasteiger partial charge < -0.3 is 15.2 Å². The molecule has 1 atom stereocenters. The lowest BCUT2D eigenvalue weighted by molar-refractivity contribution is -0.113. The second-order valence-corrected chi connectivity index (χ2v) is 8.76. The summed E-state index contributed by atoms with van der Waals surface area (Å²) in [5.74, 6) is 0.320. The first kappa shape index (κ1) is 24.1. The average Bonchev–Trinajstić information content (AvgIpc) is 3.19. The number of thioether (sulfide) groups is 1. The highest BCUT2D eigenvalue weighted by Gasteiger charge is 2.21. The fourth-order valence-corrected chi connectivity index (χ4v) is 4.26. The van der Waals surface area contributed by atoms with Gasteiger partial charge in [-0.2, -0.15) is 0 Å². The predicted molar refractivity (Wildman–Crippen MR) is 129 cm³/mol. The Morgan fingerprint density at radius 1 is 1.12 bits per heavy atom. The van der Waals surface area contributed by atoms with Crippen molar-refractivity contribution in [1.82, 2.24) is 20.1 Å². The van der Waals surface area contributed by atoms with Crippen LogP contribution in [0.25, 0.3) is 0 Å². The van der Waals surface area contributed by atoms with Crippen molar-refractivity contribution >= 4 is 52.5 Å². The predicted octanol–water partition coefficient (Wildman–Crippen LogP) is 5.14. The summed E-state index contributed by atoms with van der Waals surface area (Å²) >= 11 is 13.4. The monoisotopic (exact) mass is 491 g/mol. The average molecular weight is 492 g/mol. The minimum absolute atomic E-state index is 0.116. The van der Waals surface area contributed by atoms with Crippen molar-refractivity contribution in [3.8, 4) is 0 Å². The Labute approximate surface area is 200 Å². The largest absolute Gasteiger partial charge is 0.342 e. The molecule has 0 aliphatic heterocycles. The van der Waals surface area contributed by atoms with Crippen molar-refractivity contribution in [2.24, 2.45) is 0 Å². The maximum absolute atomic E-state index is 12.6. The van der Waals surface area contributed by atoms with Crippen molar-refractivity contribution < 1.29 is 9.59 Å². The Kier molecular flexibility index (Phi) is 8.17. The van der Waals surface area contributed by atoms with Gasteiger partial charge in [-0.15, -0.1) is 10.2 Å². The van der Waals surface area contributed by atoms with Gasteiger partial charge >= 0.3 is 0 Å². The van der Waals surface area contributed by atoms with E-state index in [9.17, 15) is 9.59 Å². The van der Waals surface area contributed by atoms with Gasteiger partial charge in [-0.25, -0.2) is 0 Å². The molecule has 2 N–H and O–H groups in total. The molecule has 0 fully saturated rings. The molecule has 168 valence electrons. The van der Waals surface area contributed by atoms with Gasteiger partial charge in [0.2, 0.25) is 5.91 Å². The summed E-state index contributed by atoms with van der Waals surface area (Å²) in [4.78, 5) is 25.0. The molecule has 3 aromatic rings. The van der Waals surface area contributed by atoms with Crippen molar-refractivity contribution in [1.29, 1.82) is 0 Å². The van der Waals surface area contributed by atoms with E-state index in [0.717, 1.165) is 5.56 Å². The highest BCUT2D eigenvalue weighted by atomic mass is 35.5. The van der Waals surface area contributed by atoms with Crippen LogP contribution in [0.2, 0.25) is 10.0 Å². The Morgan fingerprint density at radius 3 is 2.59 bits per heavy atom. The van der Waals surface area contributed by atoms with Crippen molar-refractivity contribution in [3.05, 3.63) is 69.5 Å². The summed E-state index contributed by atoms with van der Waals surface area (Å²) in [5, 5.41) is 15.4. The number of nitrogens with one attached hydrogen (secondary N) is 2. The molecular weight excluding hydrogens is 469 g/mol. The van der Waals surface area contributed by atoms with Crippen LogP contribution in [0.5, 0.6) is 0 Å². The van der Waals surface area contributed by atoms with Crippen molar-refractivity contribution in [3.63, 3.8) is 0 Å². The van der Waals surface area contributed by atoms with Crippen molar-refractivity contribution in [2.45, 2.75) is 38.5 Å². The molecule has 0 aliphatic rings. The lowest BCUT2D eigenvalue weighted by Gasteiger charge is -2.16. The van der Waals surface area contributed by atoms with Crippen molar-refractivity contribution in [2.75, 3.05) is 11.1 Å². The van der Waals surface area contributed by atoms with Crippen LogP contribution in [0.3, 0.4) is 0 Å². The van der Waals surface area contributed by atoms with E-state index in [1.54, 1.807) is 24.3 Å². The first-order valence-corrected chi connectivity index (χ1v) is 11.7. The lowest BCUT2D eigenvalue weighted by atomic mass is 10.1. The van der Waals surface area contributed by atoms with Gasteiger partial charge in [0.05, 0.1) is 27.5 Å². The Balaban J connectivity index is 1.65. The number of rotatable bonds is 8. The molecule has 0 aliphatic carbocycles. The zero-order chi connectivity index (χ0) is 23.3. The van der Waals surface area contributed by atoms with Gasteiger partial charge in [-0.05, 0) is 44.5 Å². The number of amides is 2. The highest BCUT2D eigenvalue weighted by Crippen LogP contribution is 2.30. The number of halogens is 2. The second kappa shape index (κ2) is 10.8. The smallest absolute Gasteiger partial charge is 0.252 e. The minimum atomic E-state index is -0.358. The van der Waals surface area contributed by atoms with Gasteiger partial charge in [0, 0.05) is 12.1 Å². The number of aryl methyl sites for hydroxylation is 1. The maximum Gasteiger partial charge on any atom is 0.252 e. The number of carbonyl (C=O) groups excluding carboxylic acids is 2. The molecule has 3 rings (SSSR count). The molecule has 2 aromatic carbocycles. The summed E-state index contributed by atoms with van der Waals surface area (Å²) in [6, 6.07) is 12.1. The van der Waals surface area contributed by atoms with E-state index in [4.69, 9.17) is 23.2 Å². The third kappa shape index (κ3) is 5.62. The fourth-order valence-electron chi connectivity index (χ4n) is 3.11. The summed E-state index contributed by atoms with van der Waals surface area (Å²) in [5.41, 5.74) is 1.97. The van der Waals surface area contributed by atoms with Gasteiger partial charge in [0.15, 0.2) is 11.0 Å². The number of anilines is 1. The highest BCUT2D eigenvalue weighted by molar-refractivity contribution is 7.99. The fraction of sp³-hybridized carbons (Fsp3) is 0.273. The van der Waals surface area contributed by atoms with E-state index in [2.05, 4.69) is 20.8 Å². The molecule has 7 nitrogen and oxygen atoms in total. The standard InChI is InChI=1S/C22H23Cl2N5O2S/c1-4-29-20(14(3)25-21(31)15-9-6-5-8-13(15)2)27-28-22(29)32-12-18(30)26-17-11-7-10-16(23)19(17)24/h5-11,14H,4,12H2,1-3H3,(H,25,31)(H,26,30). The molecule has 0 radical (unpaired) electrons. The van der Waals surface area contributed by atoms with Crippen LogP contribution in [-0.2, 0) is 11.3 Å². The van der Waals surface area contributed by atoms with E-state index in [-0.39, 0.29) is 23.6 Å².